The van der Waals surface area contributed by atoms with Crippen molar-refractivity contribution in [1.29, 1.82) is 0 Å². The Kier molecular flexibility index (Phi) is 4.83. The van der Waals surface area contributed by atoms with Crippen molar-refractivity contribution in [2.45, 2.75) is 27.3 Å². The minimum Gasteiger partial charge on any atom is -0.337 e. The number of carbonyl (C=O) groups excluding carboxylic acids is 1. The summed E-state index contributed by atoms with van der Waals surface area (Å²) in [6.07, 6.45) is 0. The van der Waals surface area contributed by atoms with Gasteiger partial charge in [-0.1, -0.05) is 23.8 Å². The summed E-state index contributed by atoms with van der Waals surface area (Å²) >= 11 is 3.12. The fourth-order valence-corrected chi connectivity index (χ4v) is 4.40. The summed E-state index contributed by atoms with van der Waals surface area (Å²) in [4.78, 5) is 19.9. The Bertz CT molecular complexity index is 866. The van der Waals surface area contributed by atoms with E-state index in [2.05, 4.69) is 42.4 Å². The van der Waals surface area contributed by atoms with Crippen LogP contribution in [-0.4, -0.2) is 22.8 Å². The summed E-state index contributed by atoms with van der Waals surface area (Å²) in [5.74, 6) is 0.0338. The average molecular weight is 357 g/mol. The Balaban J connectivity index is 1.81. The van der Waals surface area contributed by atoms with Gasteiger partial charge in [-0.3, -0.25) is 4.79 Å². The van der Waals surface area contributed by atoms with E-state index in [1.165, 1.54) is 28.0 Å². The first-order valence-electron chi connectivity index (χ1n) is 7.77. The first kappa shape index (κ1) is 16.9. The minimum absolute atomic E-state index is 0.0338. The van der Waals surface area contributed by atoms with Crippen LogP contribution < -0.4 is 0 Å². The van der Waals surface area contributed by atoms with Crippen LogP contribution in [0.4, 0.5) is 0 Å². The van der Waals surface area contributed by atoms with Crippen LogP contribution in [-0.2, 0) is 6.54 Å². The summed E-state index contributed by atoms with van der Waals surface area (Å²) in [6.45, 7) is 6.69. The lowest BCUT2D eigenvalue weighted by Crippen LogP contribution is -2.26. The molecule has 0 aliphatic heterocycles. The number of thiophene rings is 1. The van der Waals surface area contributed by atoms with Crippen LogP contribution in [0.15, 0.2) is 35.0 Å². The molecule has 0 fully saturated rings. The molecule has 1 amide bonds. The molecule has 0 saturated heterocycles. The topological polar surface area (TPSA) is 33.2 Å². The van der Waals surface area contributed by atoms with Gasteiger partial charge in [-0.15, -0.1) is 11.3 Å². The van der Waals surface area contributed by atoms with E-state index in [1.807, 2.05) is 25.4 Å². The SMILES string of the molecule is Cc1ccc(CN(C)C(=O)c2sc(-c3ccsc3)nc2C)c(C)c1. The van der Waals surface area contributed by atoms with E-state index in [0.29, 0.717) is 6.54 Å². The number of rotatable bonds is 4. The van der Waals surface area contributed by atoms with Crippen LogP contribution in [0, 0.1) is 20.8 Å². The number of thiazole rings is 1. The monoisotopic (exact) mass is 356 g/mol. The summed E-state index contributed by atoms with van der Waals surface area (Å²) in [5.41, 5.74) is 5.53. The van der Waals surface area contributed by atoms with Crippen LogP contribution in [0.3, 0.4) is 0 Å². The molecule has 0 aliphatic carbocycles. The van der Waals surface area contributed by atoms with Gasteiger partial charge in [-0.25, -0.2) is 4.98 Å². The molecule has 0 unspecified atom stereocenters. The van der Waals surface area contributed by atoms with Gasteiger partial charge in [0.05, 0.1) is 5.69 Å². The molecule has 0 N–H and O–H groups in total. The fourth-order valence-electron chi connectivity index (χ4n) is 2.63. The molecule has 0 atom stereocenters. The van der Waals surface area contributed by atoms with E-state index in [-0.39, 0.29) is 5.91 Å². The Hall–Kier alpha value is -1.98. The maximum Gasteiger partial charge on any atom is 0.265 e. The van der Waals surface area contributed by atoms with Gasteiger partial charge < -0.3 is 4.90 Å². The van der Waals surface area contributed by atoms with Crippen LogP contribution >= 0.6 is 22.7 Å². The van der Waals surface area contributed by atoms with Crippen molar-refractivity contribution in [2.24, 2.45) is 0 Å². The Morgan fingerprint density at radius 1 is 1.21 bits per heavy atom. The Morgan fingerprint density at radius 2 is 2.00 bits per heavy atom. The number of hydrogen-bond donors (Lipinski definition) is 0. The number of hydrogen-bond acceptors (Lipinski definition) is 4. The van der Waals surface area contributed by atoms with Gasteiger partial charge in [-0.05, 0) is 43.3 Å². The second-order valence-corrected chi connectivity index (χ2v) is 7.82. The van der Waals surface area contributed by atoms with E-state index in [9.17, 15) is 4.79 Å². The predicted octanol–water partition coefficient (Wildman–Crippen LogP) is 5.07. The molecule has 3 aromatic rings. The van der Waals surface area contributed by atoms with E-state index in [4.69, 9.17) is 0 Å². The molecule has 1 aromatic carbocycles. The second-order valence-electron chi connectivity index (χ2n) is 6.04. The normalized spacial score (nSPS) is 10.8. The first-order chi connectivity index (χ1) is 11.5. The van der Waals surface area contributed by atoms with Crippen LogP contribution in [0.5, 0.6) is 0 Å². The van der Waals surface area contributed by atoms with Gasteiger partial charge in [0, 0.05) is 24.5 Å². The van der Waals surface area contributed by atoms with Crippen molar-refractivity contribution in [3.63, 3.8) is 0 Å². The standard InChI is InChI=1S/C19H20N2OS2/c1-12-5-6-15(13(2)9-12)10-21(4)19(22)17-14(3)20-18(24-17)16-7-8-23-11-16/h5-9,11H,10H2,1-4H3. The van der Waals surface area contributed by atoms with Gasteiger partial charge in [-0.2, -0.15) is 11.3 Å². The molecular formula is C19H20N2OS2. The third-order valence-corrected chi connectivity index (χ3v) is 5.89. The molecule has 2 heterocycles. The van der Waals surface area contributed by atoms with E-state index in [1.54, 1.807) is 16.2 Å². The molecule has 0 radical (unpaired) electrons. The summed E-state index contributed by atoms with van der Waals surface area (Å²) in [7, 11) is 1.85. The number of benzene rings is 1. The molecule has 124 valence electrons. The highest BCUT2D eigenvalue weighted by atomic mass is 32.1. The van der Waals surface area contributed by atoms with E-state index in [0.717, 1.165) is 21.1 Å². The number of carbonyl (C=O) groups is 1. The minimum atomic E-state index is 0.0338. The summed E-state index contributed by atoms with van der Waals surface area (Å²) < 4.78 is 0. The van der Waals surface area contributed by atoms with E-state index >= 15 is 0 Å². The van der Waals surface area contributed by atoms with Crippen molar-refractivity contribution in [3.8, 4) is 10.6 Å². The molecule has 0 saturated carbocycles. The average Bonchev–Trinajstić information content (AvgIpc) is 3.18. The lowest BCUT2D eigenvalue weighted by atomic mass is 10.1. The molecular weight excluding hydrogens is 336 g/mol. The van der Waals surface area contributed by atoms with Gasteiger partial charge in [0.1, 0.15) is 9.88 Å². The molecule has 5 heteroatoms. The van der Waals surface area contributed by atoms with Crippen molar-refractivity contribution in [2.75, 3.05) is 7.05 Å². The zero-order valence-corrected chi connectivity index (χ0v) is 15.9. The number of amides is 1. The number of aromatic nitrogens is 1. The fraction of sp³-hybridized carbons (Fsp3) is 0.263. The Labute approximate surface area is 150 Å². The van der Waals surface area contributed by atoms with Gasteiger partial charge in [0.2, 0.25) is 0 Å². The highest BCUT2D eigenvalue weighted by Gasteiger charge is 2.20. The Morgan fingerprint density at radius 3 is 2.67 bits per heavy atom. The van der Waals surface area contributed by atoms with E-state index < -0.39 is 0 Å². The largest absolute Gasteiger partial charge is 0.337 e. The molecule has 3 nitrogen and oxygen atoms in total. The summed E-state index contributed by atoms with van der Waals surface area (Å²) in [5, 5.41) is 5.00. The zero-order chi connectivity index (χ0) is 17.3. The van der Waals surface area contributed by atoms with Crippen LogP contribution in [0.25, 0.3) is 10.6 Å². The third kappa shape index (κ3) is 3.42. The summed E-state index contributed by atoms with van der Waals surface area (Å²) in [6, 6.07) is 8.38. The molecule has 2 aromatic heterocycles. The number of aryl methyl sites for hydroxylation is 3. The van der Waals surface area contributed by atoms with Crippen molar-refractivity contribution < 1.29 is 4.79 Å². The molecule has 24 heavy (non-hydrogen) atoms. The lowest BCUT2D eigenvalue weighted by Gasteiger charge is -2.18. The maximum absolute atomic E-state index is 12.8. The van der Waals surface area contributed by atoms with Crippen molar-refractivity contribution in [3.05, 3.63) is 62.3 Å². The quantitative estimate of drug-likeness (QED) is 0.654. The number of nitrogens with zero attached hydrogens (tertiary/aromatic N) is 2. The van der Waals surface area contributed by atoms with Gasteiger partial charge in [0.25, 0.3) is 5.91 Å². The maximum atomic E-state index is 12.8. The molecule has 0 bridgehead atoms. The van der Waals surface area contributed by atoms with Crippen LogP contribution in [0.2, 0.25) is 0 Å². The van der Waals surface area contributed by atoms with Crippen molar-refractivity contribution in [1.82, 2.24) is 9.88 Å². The van der Waals surface area contributed by atoms with Crippen LogP contribution in [0.1, 0.15) is 32.1 Å². The highest BCUT2D eigenvalue weighted by molar-refractivity contribution is 7.17. The smallest absolute Gasteiger partial charge is 0.265 e. The van der Waals surface area contributed by atoms with Gasteiger partial charge in [0.15, 0.2) is 0 Å². The van der Waals surface area contributed by atoms with Crippen molar-refractivity contribution >= 4 is 28.6 Å². The molecule has 0 aliphatic rings. The lowest BCUT2D eigenvalue weighted by molar-refractivity contribution is 0.0789. The zero-order valence-electron chi connectivity index (χ0n) is 14.3. The highest BCUT2D eigenvalue weighted by Crippen LogP contribution is 2.30. The first-order valence-corrected chi connectivity index (χ1v) is 9.53. The van der Waals surface area contributed by atoms with Gasteiger partial charge >= 0.3 is 0 Å². The second kappa shape index (κ2) is 6.87. The third-order valence-electron chi connectivity index (χ3n) is 4.01. The molecule has 3 rings (SSSR count). The predicted molar refractivity (Wildman–Crippen MR) is 102 cm³/mol. The molecule has 0 spiro atoms.